The van der Waals surface area contributed by atoms with Gasteiger partial charge in [-0.15, -0.1) is 0 Å². The second-order valence-corrected chi connectivity index (χ2v) is 3.34. The Morgan fingerprint density at radius 1 is 1.22 bits per heavy atom. The minimum absolute atomic E-state index is 0.0828. The van der Waals surface area contributed by atoms with Crippen LogP contribution in [-0.2, 0) is 15.8 Å². The number of nitrogens with one attached hydrogen (secondary N) is 2. The summed E-state index contributed by atoms with van der Waals surface area (Å²) in [6.45, 7) is 0. The number of rotatable bonds is 3. The first-order valence-corrected chi connectivity index (χ1v) is 4.73. The summed E-state index contributed by atoms with van der Waals surface area (Å²) in [5, 5.41) is 10.3. The minimum Gasteiger partial charge on any atom is -0.326 e. The molecule has 18 heavy (non-hydrogen) atoms. The van der Waals surface area contributed by atoms with Gasteiger partial charge >= 0.3 is 6.18 Å². The number of hydroxylamine groups is 1. The summed E-state index contributed by atoms with van der Waals surface area (Å²) in [5.74, 6) is -1.79. The number of hydrogen-bond acceptors (Lipinski definition) is 3. The van der Waals surface area contributed by atoms with Crippen LogP contribution in [0.1, 0.15) is 12.0 Å². The molecule has 0 spiro atoms. The van der Waals surface area contributed by atoms with Crippen LogP contribution in [0.25, 0.3) is 0 Å². The van der Waals surface area contributed by atoms with Gasteiger partial charge in [0.15, 0.2) is 0 Å². The van der Waals surface area contributed by atoms with Crippen LogP contribution in [0.15, 0.2) is 24.3 Å². The molecule has 1 rings (SSSR count). The molecule has 0 aliphatic rings. The van der Waals surface area contributed by atoms with E-state index in [0.29, 0.717) is 0 Å². The summed E-state index contributed by atoms with van der Waals surface area (Å²) in [4.78, 5) is 21.8. The van der Waals surface area contributed by atoms with Crippen LogP contribution in [-0.4, -0.2) is 17.0 Å². The molecule has 0 atom stereocenters. The average Bonchev–Trinajstić information content (AvgIpc) is 2.27. The monoisotopic (exact) mass is 262 g/mol. The zero-order valence-corrected chi connectivity index (χ0v) is 8.91. The molecule has 0 aliphatic heterocycles. The molecule has 0 fully saturated rings. The van der Waals surface area contributed by atoms with E-state index in [1.165, 1.54) is 11.5 Å². The molecule has 3 N–H and O–H groups in total. The Morgan fingerprint density at radius 3 is 2.44 bits per heavy atom. The van der Waals surface area contributed by atoms with Crippen molar-refractivity contribution in [2.45, 2.75) is 12.6 Å². The molecule has 1 aromatic carbocycles. The Bertz CT molecular complexity index is 460. The van der Waals surface area contributed by atoms with Crippen molar-refractivity contribution in [1.29, 1.82) is 0 Å². The topological polar surface area (TPSA) is 78.4 Å². The van der Waals surface area contributed by atoms with E-state index in [2.05, 4.69) is 5.32 Å². The maximum atomic E-state index is 12.4. The van der Waals surface area contributed by atoms with Crippen LogP contribution in [0.2, 0.25) is 0 Å². The lowest BCUT2D eigenvalue weighted by atomic mass is 10.2. The molecule has 2 amide bonds. The van der Waals surface area contributed by atoms with Gasteiger partial charge in [-0.3, -0.25) is 14.8 Å². The number of alkyl halides is 3. The van der Waals surface area contributed by atoms with E-state index in [-0.39, 0.29) is 5.69 Å². The van der Waals surface area contributed by atoms with Gasteiger partial charge in [-0.2, -0.15) is 13.2 Å². The largest absolute Gasteiger partial charge is 0.416 e. The van der Waals surface area contributed by atoms with Gasteiger partial charge in [-0.1, -0.05) is 6.07 Å². The highest BCUT2D eigenvalue weighted by molar-refractivity contribution is 6.03. The minimum atomic E-state index is -4.51. The number of carbonyl (C=O) groups is 2. The van der Waals surface area contributed by atoms with Gasteiger partial charge in [-0.25, -0.2) is 5.48 Å². The fourth-order valence-corrected chi connectivity index (χ4v) is 1.16. The fourth-order valence-electron chi connectivity index (χ4n) is 1.16. The van der Waals surface area contributed by atoms with E-state index in [1.54, 1.807) is 0 Å². The van der Waals surface area contributed by atoms with E-state index in [1.807, 2.05) is 0 Å². The zero-order valence-electron chi connectivity index (χ0n) is 8.91. The highest BCUT2D eigenvalue weighted by Crippen LogP contribution is 2.30. The van der Waals surface area contributed by atoms with Gasteiger partial charge in [0.1, 0.15) is 6.42 Å². The maximum Gasteiger partial charge on any atom is 0.416 e. The molecular formula is C10H9F3N2O3. The Hall–Kier alpha value is -2.09. The molecule has 0 radical (unpaired) electrons. The Kier molecular flexibility index (Phi) is 4.27. The first kappa shape index (κ1) is 14.0. The molecule has 0 aromatic heterocycles. The van der Waals surface area contributed by atoms with E-state index in [0.717, 1.165) is 18.2 Å². The zero-order chi connectivity index (χ0) is 13.8. The summed E-state index contributed by atoms with van der Waals surface area (Å²) in [7, 11) is 0. The predicted octanol–water partition coefficient (Wildman–Crippen LogP) is 1.54. The summed E-state index contributed by atoms with van der Waals surface area (Å²) in [6, 6.07) is 3.99. The van der Waals surface area contributed by atoms with Crippen LogP contribution in [0.3, 0.4) is 0 Å². The summed E-state index contributed by atoms with van der Waals surface area (Å²) in [6.07, 6.45) is -5.20. The Balaban J connectivity index is 2.74. The van der Waals surface area contributed by atoms with Crippen molar-refractivity contribution in [2.24, 2.45) is 0 Å². The molecule has 8 heteroatoms. The lowest BCUT2D eigenvalue weighted by molar-refractivity contribution is -0.137. The highest BCUT2D eigenvalue weighted by Gasteiger charge is 2.30. The van der Waals surface area contributed by atoms with Gasteiger partial charge in [0, 0.05) is 5.69 Å². The average molecular weight is 262 g/mol. The van der Waals surface area contributed by atoms with Gasteiger partial charge < -0.3 is 5.32 Å². The lowest BCUT2D eigenvalue weighted by Crippen LogP contribution is -2.25. The third-order valence-corrected chi connectivity index (χ3v) is 1.92. The fraction of sp³-hybridized carbons (Fsp3) is 0.200. The number of amides is 2. The van der Waals surface area contributed by atoms with E-state index in [9.17, 15) is 22.8 Å². The summed E-state index contributed by atoms with van der Waals surface area (Å²) >= 11 is 0. The van der Waals surface area contributed by atoms with Crippen molar-refractivity contribution in [3.63, 3.8) is 0 Å². The number of anilines is 1. The molecule has 5 nitrogen and oxygen atoms in total. The molecular weight excluding hydrogens is 253 g/mol. The molecule has 0 saturated heterocycles. The molecule has 0 aliphatic carbocycles. The molecule has 0 unspecified atom stereocenters. The van der Waals surface area contributed by atoms with Crippen molar-refractivity contribution < 1.29 is 28.0 Å². The third-order valence-electron chi connectivity index (χ3n) is 1.92. The van der Waals surface area contributed by atoms with Gasteiger partial charge in [0.25, 0.3) is 5.91 Å². The molecule has 0 heterocycles. The number of benzene rings is 1. The van der Waals surface area contributed by atoms with E-state index >= 15 is 0 Å². The first-order chi connectivity index (χ1) is 8.32. The number of hydrogen-bond donors (Lipinski definition) is 3. The standard InChI is InChI=1S/C10H9F3N2O3/c11-10(12,13)6-2-1-3-7(4-6)14-8(16)5-9(17)15-18/h1-4,18H,5H2,(H,14,16)(H,15,17). The van der Waals surface area contributed by atoms with E-state index < -0.39 is 30.0 Å². The molecule has 1 aromatic rings. The van der Waals surface area contributed by atoms with Crippen molar-refractivity contribution in [2.75, 3.05) is 5.32 Å². The van der Waals surface area contributed by atoms with Crippen LogP contribution < -0.4 is 10.8 Å². The second kappa shape index (κ2) is 5.50. The first-order valence-electron chi connectivity index (χ1n) is 4.73. The Morgan fingerprint density at radius 2 is 1.89 bits per heavy atom. The quantitative estimate of drug-likeness (QED) is 0.439. The van der Waals surface area contributed by atoms with Crippen molar-refractivity contribution in [1.82, 2.24) is 5.48 Å². The molecule has 0 saturated carbocycles. The molecule has 0 bridgehead atoms. The predicted molar refractivity (Wildman–Crippen MR) is 54.6 cm³/mol. The smallest absolute Gasteiger partial charge is 0.326 e. The van der Waals surface area contributed by atoms with Crippen LogP contribution in [0.4, 0.5) is 18.9 Å². The number of halogens is 3. The van der Waals surface area contributed by atoms with E-state index in [4.69, 9.17) is 5.21 Å². The van der Waals surface area contributed by atoms with Crippen molar-refractivity contribution in [3.05, 3.63) is 29.8 Å². The highest BCUT2D eigenvalue weighted by atomic mass is 19.4. The maximum absolute atomic E-state index is 12.4. The van der Waals surface area contributed by atoms with Crippen LogP contribution in [0.5, 0.6) is 0 Å². The normalized spacial score (nSPS) is 10.9. The second-order valence-electron chi connectivity index (χ2n) is 3.34. The van der Waals surface area contributed by atoms with Crippen molar-refractivity contribution >= 4 is 17.5 Å². The lowest BCUT2D eigenvalue weighted by Gasteiger charge is -2.09. The van der Waals surface area contributed by atoms with Crippen LogP contribution >= 0.6 is 0 Å². The Labute approximate surface area is 99.6 Å². The van der Waals surface area contributed by atoms with Gasteiger partial charge in [-0.05, 0) is 18.2 Å². The number of carbonyl (C=O) groups excluding carboxylic acids is 2. The van der Waals surface area contributed by atoms with Gasteiger partial charge in [0.2, 0.25) is 5.91 Å². The van der Waals surface area contributed by atoms with Gasteiger partial charge in [0.05, 0.1) is 5.56 Å². The van der Waals surface area contributed by atoms with Crippen molar-refractivity contribution in [3.8, 4) is 0 Å². The third kappa shape index (κ3) is 4.06. The molecule has 98 valence electrons. The SMILES string of the molecule is O=C(CC(=O)Nc1cccc(C(F)(F)F)c1)NO. The summed E-state index contributed by atoms with van der Waals surface area (Å²) < 4.78 is 37.1. The van der Waals surface area contributed by atoms with Crippen LogP contribution in [0, 0.1) is 0 Å². The summed E-state index contributed by atoms with van der Waals surface area (Å²) in [5.41, 5.74) is 0.244.